The van der Waals surface area contributed by atoms with Crippen molar-refractivity contribution in [2.45, 2.75) is 26.2 Å². The van der Waals surface area contributed by atoms with E-state index < -0.39 is 11.9 Å². The average Bonchev–Trinajstić information content (AvgIpc) is 2.28. The van der Waals surface area contributed by atoms with Crippen molar-refractivity contribution >= 4 is 11.9 Å². The van der Waals surface area contributed by atoms with Gasteiger partial charge in [0.25, 0.3) is 0 Å². The Balaban J connectivity index is 2.59. The van der Waals surface area contributed by atoms with Crippen LogP contribution in [0.15, 0.2) is 36.4 Å². The van der Waals surface area contributed by atoms with Crippen LogP contribution in [0.2, 0.25) is 0 Å². The van der Waals surface area contributed by atoms with Gasteiger partial charge in [-0.05, 0) is 37.5 Å². The highest BCUT2D eigenvalue weighted by Crippen LogP contribution is 2.16. The smallest absolute Gasteiger partial charge is 0.338 e. The van der Waals surface area contributed by atoms with Crippen LogP contribution >= 0.6 is 0 Å². The normalized spacial score (nSPS) is 9.83. The van der Waals surface area contributed by atoms with E-state index >= 15 is 0 Å². The molecule has 0 heterocycles. The van der Waals surface area contributed by atoms with Crippen LogP contribution in [0.4, 0.5) is 0 Å². The lowest BCUT2D eigenvalue weighted by atomic mass is 10.1. The Hall–Kier alpha value is -2.10. The van der Waals surface area contributed by atoms with E-state index in [1.165, 1.54) is 0 Å². The summed E-state index contributed by atoms with van der Waals surface area (Å²) in [5, 5.41) is 8.55. The number of carboxylic acids is 1. The Morgan fingerprint density at radius 2 is 2.11 bits per heavy atom. The summed E-state index contributed by atoms with van der Waals surface area (Å²) in [5.74, 6) is -0.812. The van der Waals surface area contributed by atoms with Gasteiger partial charge >= 0.3 is 11.9 Å². The summed E-state index contributed by atoms with van der Waals surface area (Å²) in [6.07, 6.45) is 1.34. The van der Waals surface area contributed by atoms with Gasteiger partial charge in [-0.15, -0.1) is 0 Å². The van der Waals surface area contributed by atoms with E-state index in [1.54, 1.807) is 25.1 Å². The molecule has 0 aliphatic heterocycles. The SMILES string of the molecule is C=C(C)C(=O)Oc1cccc(CCCC(=O)O)c1. The third kappa shape index (κ3) is 4.82. The van der Waals surface area contributed by atoms with E-state index in [0.717, 1.165) is 5.56 Å². The number of hydrogen-bond donors (Lipinski definition) is 1. The monoisotopic (exact) mass is 248 g/mol. The Morgan fingerprint density at radius 3 is 2.72 bits per heavy atom. The molecule has 0 radical (unpaired) electrons. The molecule has 1 aromatic carbocycles. The van der Waals surface area contributed by atoms with Gasteiger partial charge in [0.05, 0.1) is 0 Å². The molecule has 0 fully saturated rings. The maximum absolute atomic E-state index is 11.3. The lowest BCUT2D eigenvalue weighted by Gasteiger charge is -2.06. The van der Waals surface area contributed by atoms with Crippen molar-refractivity contribution in [2.75, 3.05) is 0 Å². The molecular weight excluding hydrogens is 232 g/mol. The van der Waals surface area contributed by atoms with Crippen molar-refractivity contribution in [1.82, 2.24) is 0 Å². The molecule has 1 N–H and O–H groups in total. The minimum Gasteiger partial charge on any atom is -0.481 e. The molecule has 4 heteroatoms. The molecule has 18 heavy (non-hydrogen) atoms. The Bertz CT molecular complexity index is 463. The first-order chi connectivity index (χ1) is 8.49. The third-order valence-corrected chi connectivity index (χ3v) is 2.31. The topological polar surface area (TPSA) is 63.6 Å². The number of aryl methyl sites for hydroxylation is 1. The van der Waals surface area contributed by atoms with Crippen molar-refractivity contribution in [2.24, 2.45) is 0 Å². The second kappa shape index (κ2) is 6.59. The molecule has 0 aliphatic rings. The molecule has 96 valence electrons. The number of carbonyl (C=O) groups excluding carboxylic acids is 1. The number of benzene rings is 1. The molecule has 0 aromatic heterocycles. The van der Waals surface area contributed by atoms with E-state index in [2.05, 4.69) is 6.58 Å². The summed E-state index contributed by atoms with van der Waals surface area (Å²) in [6, 6.07) is 7.07. The highest BCUT2D eigenvalue weighted by Gasteiger charge is 2.06. The van der Waals surface area contributed by atoms with E-state index in [-0.39, 0.29) is 6.42 Å². The van der Waals surface area contributed by atoms with Crippen LogP contribution in [0.1, 0.15) is 25.3 Å². The fourth-order valence-electron chi connectivity index (χ4n) is 1.40. The van der Waals surface area contributed by atoms with Crippen LogP contribution < -0.4 is 4.74 Å². The first-order valence-electron chi connectivity index (χ1n) is 5.67. The molecule has 1 rings (SSSR count). The largest absolute Gasteiger partial charge is 0.481 e. The van der Waals surface area contributed by atoms with E-state index in [9.17, 15) is 9.59 Å². The first kappa shape index (κ1) is 14.0. The molecule has 0 bridgehead atoms. The van der Waals surface area contributed by atoms with Crippen molar-refractivity contribution in [3.05, 3.63) is 42.0 Å². The predicted molar refractivity (Wildman–Crippen MR) is 67.5 cm³/mol. The number of hydrogen-bond acceptors (Lipinski definition) is 3. The summed E-state index contributed by atoms with van der Waals surface area (Å²) in [7, 11) is 0. The average molecular weight is 248 g/mol. The van der Waals surface area contributed by atoms with E-state index in [4.69, 9.17) is 9.84 Å². The Labute approximate surface area is 106 Å². The third-order valence-electron chi connectivity index (χ3n) is 2.31. The highest BCUT2D eigenvalue weighted by atomic mass is 16.5. The molecule has 4 nitrogen and oxygen atoms in total. The summed E-state index contributed by atoms with van der Waals surface area (Å²) in [6.45, 7) is 5.09. The number of carbonyl (C=O) groups is 2. The number of rotatable bonds is 6. The maximum Gasteiger partial charge on any atom is 0.338 e. The Kier molecular flexibility index (Phi) is 5.11. The van der Waals surface area contributed by atoms with Crippen LogP contribution in [0.3, 0.4) is 0 Å². The summed E-state index contributed by atoms with van der Waals surface area (Å²) in [4.78, 5) is 21.7. The van der Waals surface area contributed by atoms with Gasteiger partial charge in [-0.2, -0.15) is 0 Å². The van der Waals surface area contributed by atoms with Crippen LogP contribution in [0.5, 0.6) is 5.75 Å². The predicted octanol–water partition coefficient (Wildman–Crippen LogP) is 2.58. The first-order valence-corrected chi connectivity index (χ1v) is 5.67. The van der Waals surface area contributed by atoms with Crippen LogP contribution in [0.25, 0.3) is 0 Å². The number of carboxylic acid groups (broad SMARTS) is 1. The lowest BCUT2D eigenvalue weighted by molar-refractivity contribution is -0.137. The zero-order valence-corrected chi connectivity index (χ0v) is 10.3. The van der Waals surface area contributed by atoms with Crippen molar-refractivity contribution in [1.29, 1.82) is 0 Å². The minimum atomic E-state index is -0.806. The highest BCUT2D eigenvalue weighted by molar-refractivity contribution is 5.88. The maximum atomic E-state index is 11.3. The standard InChI is InChI=1S/C14H16O4/c1-10(2)14(17)18-12-7-3-5-11(9-12)6-4-8-13(15)16/h3,5,7,9H,1,4,6,8H2,2H3,(H,15,16). The molecule has 0 spiro atoms. The minimum absolute atomic E-state index is 0.135. The van der Waals surface area contributed by atoms with Gasteiger partial charge in [0.2, 0.25) is 0 Å². The number of aliphatic carboxylic acids is 1. The van der Waals surface area contributed by atoms with Gasteiger partial charge in [-0.1, -0.05) is 18.7 Å². The molecule has 0 atom stereocenters. The molecule has 0 saturated heterocycles. The second-order valence-electron chi connectivity index (χ2n) is 4.06. The van der Waals surface area contributed by atoms with Crippen molar-refractivity contribution in [3.63, 3.8) is 0 Å². The molecule has 1 aromatic rings. The molecule has 0 aliphatic carbocycles. The summed E-state index contributed by atoms with van der Waals surface area (Å²) >= 11 is 0. The molecule has 0 amide bonds. The van der Waals surface area contributed by atoms with Gasteiger partial charge < -0.3 is 9.84 Å². The zero-order chi connectivity index (χ0) is 13.5. The van der Waals surface area contributed by atoms with Gasteiger partial charge in [-0.25, -0.2) is 4.79 Å². The van der Waals surface area contributed by atoms with Crippen molar-refractivity contribution in [3.8, 4) is 5.75 Å². The van der Waals surface area contributed by atoms with Crippen LogP contribution in [-0.4, -0.2) is 17.0 Å². The fourth-order valence-corrected chi connectivity index (χ4v) is 1.40. The van der Waals surface area contributed by atoms with E-state index in [1.807, 2.05) is 6.07 Å². The summed E-state index contributed by atoms with van der Waals surface area (Å²) in [5.41, 5.74) is 1.29. The van der Waals surface area contributed by atoms with Gasteiger partial charge in [-0.3, -0.25) is 4.79 Å². The molecule has 0 saturated carbocycles. The lowest BCUT2D eigenvalue weighted by Crippen LogP contribution is -2.08. The number of ether oxygens (including phenoxy) is 1. The van der Waals surface area contributed by atoms with E-state index in [0.29, 0.717) is 24.2 Å². The molecule has 0 unspecified atom stereocenters. The van der Waals surface area contributed by atoms with Gasteiger partial charge in [0.15, 0.2) is 0 Å². The zero-order valence-electron chi connectivity index (χ0n) is 10.3. The van der Waals surface area contributed by atoms with Crippen LogP contribution in [-0.2, 0) is 16.0 Å². The molecular formula is C14H16O4. The number of esters is 1. The van der Waals surface area contributed by atoms with Gasteiger partial charge in [0.1, 0.15) is 5.75 Å². The summed E-state index contributed by atoms with van der Waals surface area (Å²) < 4.78 is 5.09. The second-order valence-corrected chi connectivity index (χ2v) is 4.06. The van der Waals surface area contributed by atoms with Crippen molar-refractivity contribution < 1.29 is 19.4 Å². The fraction of sp³-hybridized carbons (Fsp3) is 0.286. The quantitative estimate of drug-likeness (QED) is 0.477. The van der Waals surface area contributed by atoms with Crippen LogP contribution in [0, 0.1) is 0 Å². The Morgan fingerprint density at radius 1 is 1.39 bits per heavy atom. The van der Waals surface area contributed by atoms with Gasteiger partial charge in [0, 0.05) is 12.0 Å².